The number of nitrogens with zero attached hydrogens (tertiary/aromatic N) is 4. The van der Waals surface area contributed by atoms with Gasteiger partial charge in [0, 0.05) is 37.9 Å². The molecular formula is C23H35IN6. The van der Waals surface area contributed by atoms with Crippen LogP contribution < -0.4 is 10.6 Å². The number of aliphatic imine (C=N–C) groups is 1. The van der Waals surface area contributed by atoms with E-state index in [2.05, 4.69) is 71.4 Å². The second-order valence-corrected chi connectivity index (χ2v) is 7.67. The predicted molar refractivity (Wildman–Crippen MR) is 136 cm³/mol. The van der Waals surface area contributed by atoms with E-state index in [1.54, 1.807) is 0 Å². The number of hydrogen-bond donors (Lipinski definition) is 2. The Morgan fingerprint density at radius 3 is 2.63 bits per heavy atom. The van der Waals surface area contributed by atoms with E-state index in [1.807, 2.05) is 17.7 Å². The topological polar surface area (TPSA) is 57.5 Å². The summed E-state index contributed by atoms with van der Waals surface area (Å²) in [6.45, 7) is 14.7. The van der Waals surface area contributed by atoms with Gasteiger partial charge in [-0.05, 0) is 51.3 Å². The summed E-state index contributed by atoms with van der Waals surface area (Å²) in [7, 11) is 0. The number of benzene rings is 1. The van der Waals surface area contributed by atoms with E-state index >= 15 is 0 Å². The van der Waals surface area contributed by atoms with Crippen molar-refractivity contribution in [1.82, 2.24) is 25.3 Å². The Labute approximate surface area is 197 Å². The Hall–Kier alpha value is -1.87. The molecule has 3 rings (SSSR count). The molecule has 2 N–H and O–H groups in total. The van der Waals surface area contributed by atoms with Gasteiger partial charge >= 0.3 is 0 Å². The van der Waals surface area contributed by atoms with Crippen LogP contribution in [0.5, 0.6) is 0 Å². The highest BCUT2D eigenvalue weighted by Gasteiger charge is 2.19. The highest BCUT2D eigenvalue weighted by Crippen LogP contribution is 2.18. The van der Waals surface area contributed by atoms with E-state index in [-0.39, 0.29) is 24.0 Å². The van der Waals surface area contributed by atoms with Crippen LogP contribution in [0.4, 0.5) is 0 Å². The monoisotopic (exact) mass is 522 g/mol. The summed E-state index contributed by atoms with van der Waals surface area (Å²) in [5, 5.41) is 11.7. The fraction of sp³-hybridized carbons (Fsp3) is 0.478. The number of hydrogen-bond acceptors (Lipinski definition) is 3. The molecule has 2 aromatic rings. The minimum absolute atomic E-state index is 0. The van der Waals surface area contributed by atoms with Crippen molar-refractivity contribution in [2.45, 2.75) is 46.2 Å². The highest BCUT2D eigenvalue weighted by molar-refractivity contribution is 14.0. The van der Waals surface area contributed by atoms with Gasteiger partial charge in [-0.25, -0.2) is 9.67 Å². The van der Waals surface area contributed by atoms with Gasteiger partial charge in [-0.2, -0.15) is 5.10 Å². The Kier molecular flexibility index (Phi) is 9.84. The van der Waals surface area contributed by atoms with E-state index < -0.39 is 0 Å². The number of para-hydroxylation sites is 1. The van der Waals surface area contributed by atoms with Crippen LogP contribution in [0.3, 0.4) is 0 Å². The maximum absolute atomic E-state index is 4.88. The van der Waals surface area contributed by atoms with Crippen LogP contribution in [0, 0.1) is 13.8 Å². The molecule has 1 aromatic heterocycles. The first-order valence-corrected chi connectivity index (χ1v) is 10.6. The summed E-state index contributed by atoms with van der Waals surface area (Å²) in [4.78, 5) is 7.32. The van der Waals surface area contributed by atoms with Gasteiger partial charge in [-0.15, -0.1) is 30.6 Å². The predicted octanol–water partition coefficient (Wildman–Crippen LogP) is 3.81. The summed E-state index contributed by atoms with van der Waals surface area (Å²) < 4.78 is 2.01. The normalized spacial score (nSPS) is 15.5. The van der Waals surface area contributed by atoms with Crippen LogP contribution >= 0.6 is 24.0 Å². The molecule has 0 bridgehead atoms. The third-order valence-corrected chi connectivity index (χ3v) is 5.30. The second-order valence-electron chi connectivity index (χ2n) is 7.67. The third-order valence-electron chi connectivity index (χ3n) is 5.30. The van der Waals surface area contributed by atoms with Crippen LogP contribution in [-0.2, 0) is 6.54 Å². The van der Waals surface area contributed by atoms with E-state index in [4.69, 9.17) is 4.99 Å². The molecule has 2 heterocycles. The largest absolute Gasteiger partial charge is 0.357 e. The molecule has 1 fully saturated rings. The first-order chi connectivity index (χ1) is 14.1. The number of halogens is 1. The average molecular weight is 522 g/mol. The number of aryl methyl sites for hydroxylation is 2. The van der Waals surface area contributed by atoms with Crippen LogP contribution in [0.2, 0.25) is 0 Å². The molecule has 0 atom stereocenters. The maximum atomic E-state index is 4.88. The second kappa shape index (κ2) is 12.1. The molecule has 6 nitrogen and oxygen atoms in total. The van der Waals surface area contributed by atoms with E-state index in [1.165, 1.54) is 0 Å². The highest BCUT2D eigenvalue weighted by atomic mass is 127. The number of likely N-dealkylation sites (tertiary alicyclic amines) is 1. The molecule has 1 aliphatic heterocycles. The van der Waals surface area contributed by atoms with Gasteiger partial charge in [0.05, 0.1) is 17.9 Å². The number of aromatic nitrogens is 2. The standard InChI is InChI=1S/C23H34N6.HI/c1-5-13-28-14-11-21(12-15-28)26-23(24-6-2)25-17-20-9-7-8-10-22(20)29-19(4)16-18(3)27-29;/h5,7-10,16,21H,1,6,11-15,17H2,2-4H3,(H2,24,25,26);1H. The Morgan fingerprint density at radius 1 is 1.27 bits per heavy atom. The fourth-order valence-electron chi connectivity index (χ4n) is 3.84. The van der Waals surface area contributed by atoms with Crippen LogP contribution in [0.25, 0.3) is 5.69 Å². The van der Waals surface area contributed by atoms with Crippen LogP contribution in [-0.4, -0.2) is 52.9 Å². The fourth-order valence-corrected chi connectivity index (χ4v) is 3.84. The Balaban J connectivity index is 0.00000320. The smallest absolute Gasteiger partial charge is 0.191 e. The molecule has 1 aliphatic rings. The summed E-state index contributed by atoms with van der Waals surface area (Å²) in [5.74, 6) is 0.887. The van der Waals surface area contributed by atoms with E-state index in [0.29, 0.717) is 12.6 Å². The lowest BCUT2D eigenvalue weighted by Gasteiger charge is -2.32. The van der Waals surface area contributed by atoms with Gasteiger partial charge in [0.2, 0.25) is 0 Å². The zero-order valence-electron chi connectivity index (χ0n) is 18.4. The molecule has 1 saturated heterocycles. The molecule has 164 valence electrons. The molecule has 0 radical (unpaired) electrons. The van der Waals surface area contributed by atoms with Crippen molar-refractivity contribution < 1.29 is 0 Å². The summed E-state index contributed by atoms with van der Waals surface area (Å²) >= 11 is 0. The Bertz CT molecular complexity index is 836. The summed E-state index contributed by atoms with van der Waals surface area (Å²) in [6.07, 6.45) is 4.24. The molecule has 0 unspecified atom stereocenters. The number of rotatable bonds is 7. The molecule has 30 heavy (non-hydrogen) atoms. The third kappa shape index (κ3) is 6.57. The van der Waals surface area contributed by atoms with E-state index in [0.717, 1.165) is 67.6 Å². The van der Waals surface area contributed by atoms with Gasteiger partial charge < -0.3 is 10.6 Å². The zero-order valence-corrected chi connectivity index (χ0v) is 20.7. The van der Waals surface area contributed by atoms with Gasteiger partial charge in [0.15, 0.2) is 5.96 Å². The van der Waals surface area contributed by atoms with Crippen molar-refractivity contribution in [1.29, 1.82) is 0 Å². The number of nitrogens with one attached hydrogen (secondary N) is 2. The molecular weight excluding hydrogens is 487 g/mol. The SMILES string of the molecule is C=CCN1CCC(NC(=NCc2ccccc2-n2nc(C)cc2C)NCC)CC1.I. The molecule has 7 heteroatoms. The van der Waals surface area contributed by atoms with Gasteiger partial charge in [0.25, 0.3) is 0 Å². The van der Waals surface area contributed by atoms with Crippen LogP contribution in [0.1, 0.15) is 36.7 Å². The molecule has 0 amide bonds. The molecule has 1 aromatic carbocycles. The van der Waals surface area contributed by atoms with Crippen molar-refractivity contribution in [3.8, 4) is 5.69 Å². The Morgan fingerprint density at radius 2 is 2.00 bits per heavy atom. The number of guanidine groups is 1. The van der Waals surface area contributed by atoms with Crippen molar-refractivity contribution in [2.24, 2.45) is 4.99 Å². The minimum atomic E-state index is 0. The quantitative estimate of drug-likeness (QED) is 0.251. The zero-order chi connectivity index (χ0) is 20.6. The number of piperidine rings is 1. The van der Waals surface area contributed by atoms with Gasteiger partial charge in [-0.1, -0.05) is 24.3 Å². The lowest BCUT2D eigenvalue weighted by Crippen LogP contribution is -2.48. The van der Waals surface area contributed by atoms with Gasteiger partial charge in [0.1, 0.15) is 0 Å². The summed E-state index contributed by atoms with van der Waals surface area (Å²) in [5.41, 5.74) is 4.42. The minimum Gasteiger partial charge on any atom is -0.357 e. The molecule has 0 aliphatic carbocycles. The van der Waals surface area contributed by atoms with Gasteiger partial charge in [-0.3, -0.25) is 4.90 Å². The van der Waals surface area contributed by atoms with Crippen molar-refractivity contribution >= 4 is 29.9 Å². The van der Waals surface area contributed by atoms with E-state index in [9.17, 15) is 0 Å². The van der Waals surface area contributed by atoms with Crippen molar-refractivity contribution in [2.75, 3.05) is 26.2 Å². The first kappa shape index (κ1) is 24.4. The summed E-state index contributed by atoms with van der Waals surface area (Å²) in [6, 6.07) is 10.9. The molecule has 0 spiro atoms. The average Bonchev–Trinajstić information content (AvgIpc) is 3.06. The lowest BCUT2D eigenvalue weighted by molar-refractivity contribution is 0.225. The maximum Gasteiger partial charge on any atom is 0.191 e. The van der Waals surface area contributed by atoms with Crippen LogP contribution in [0.15, 0.2) is 48.0 Å². The lowest BCUT2D eigenvalue weighted by atomic mass is 10.1. The molecule has 0 saturated carbocycles. The van der Waals surface area contributed by atoms with Crippen molar-refractivity contribution in [3.63, 3.8) is 0 Å². The van der Waals surface area contributed by atoms with Crippen molar-refractivity contribution in [3.05, 3.63) is 59.9 Å². The first-order valence-electron chi connectivity index (χ1n) is 10.6.